The van der Waals surface area contributed by atoms with Gasteiger partial charge in [0, 0.05) is 0 Å². The highest BCUT2D eigenvalue weighted by Gasteiger charge is 2.41. The van der Waals surface area contributed by atoms with Crippen molar-refractivity contribution < 1.29 is 0 Å². The van der Waals surface area contributed by atoms with E-state index in [2.05, 4.69) is 12.6 Å². The van der Waals surface area contributed by atoms with E-state index < -0.39 is 0 Å². The molecular formula is C7H9N. The van der Waals surface area contributed by atoms with Gasteiger partial charge in [-0.2, -0.15) is 5.26 Å². The molecule has 0 amide bonds. The fourth-order valence-corrected chi connectivity index (χ4v) is 0.789. The maximum atomic E-state index is 8.49. The molecule has 1 fully saturated rings. The molecule has 0 radical (unpaired) electrons. The Morgan fingerprint density at radius 2 is 2.38 bits per heavy atom. The van der Waals surface area contributed by atoms with Crippen LogP contribution in [0.2, 0.25) is 0 Å². The Labute approximate surface area is 49.6 Å². The second kappa shape index (κ2) is 1.63. The Bertz CT molecular complexity index is 137. The van der Waals surface area contributed by atoms with Gasteiger partial charge in [-0.25, -0.2) is 0 Å². The van der Waals surface area contributed by atoms with Crippen LogP contribution in [-0.2, 0) is 0 Å². The number of nitriles is 1. The summed E-state index contributed by atoms with van der Waals surface area (Å²) < 4.78 is 0. The first-order valence-corrected chi connectivity index (χ1v) is 2.85. The minimum Gasteiger partial charge on any atom is -0.198 e. The smallest absolute Gasteiger partial charge is 0.0693 e. The third kappa shape index (κ3) is 0.742. The molecule has 1 heteroatoms. The Hall–Kier alpha value is -0.770. The first-order chi connectivity index (χ1) is 3.83. The van der Waals surface area contributed by atoms with Crippen molar-refractivity contribution >= 4 is 0 Å². The molecule has 0 heterocycles. The van der Waals surface area contributed by atoms with Gasteiger partial charge >= 0.3 is 0 Å². The standard InChI is InChI=1S/C7H9N/c1-2-3-7(6-8)4-5-7/h2H,1,3-5H2. The average molecular weight is 107 g/mol. The molecule has 1 nitrogen and oxygen atoms in total. The molecule has 0 bridgehead atoms. The van der Waals surface area contributed by atoms with Crippen molar-refractivity contribution in [2.75, 3.05) is 0 Å². The van der Waals surface area contributed by atoms with E-state index in [4.69, 9.17) is 5.26 Å². The summed E-state index contributed by atoms with van der Waals surface area (Å²) in [6.45, 7) is 3.58. The lowest BCUT2D eigenvalue weighted by molar-refractivity contribution is 0.685. The van der Waals surface area contributed by atoms with Gasteiger partial charge in [0.1, 0.15) is 0 Å². The summed E-state index contributed by atoms with van der Waals surface area (Å²) in [7, 11) is 0. The maximum absolute atomic E-state index is 8.49. The van der Waals surface area contributed by atoms with Crippen molar-refractivity contribution in [2.24, 2.45) is 5.41 Å². The Morgan fingerprint density at radius 1 is 1.75 bits per heavy atom. The van der Waals surface area contributed by atoms with E-state index in [1.165, 1.54) is 0 Å². The average Bonchev–Trinajstić information content (AvgIpc) is 2.50. The van der Waals surface area contributed by atoms with Crippen LogP contribution in [0.25, 0.3) is 0 Å². The highest BCUT2D eigenvalue weighted by Crippen LogP contribution is 2.48. The van der Waals surface area contributed by atoms with Crippen molar-refractivity contribution in [3.63, 3.8) is 0 Å². The monoisotopic (exact) mass is 107 g/mol. The first kappa shape index (κ1) is 5.37. The summed E-state index contributed by atoms with van der Waals surface area (Å²) in [4.78, 5) is 0. The summed E-state index contributed by atoms with van der Waals surface area (Å²) in [6.07, 6.45) is 4.87. The van der Waals surface area contributed by atoms with E-state index in [0.717, 1.165) is 19.3 Å². The molecule has 0 unspecified atom stereocenters. The molecule has 0 aromatic heterocycles. The van der Waals surface area contributed by atoms with Crippen LogP contribution in [0.4, 0.5) is 0 Å². The zero-order chi connectivity index (χ0) is 6.04. The molecular weight excluding hydrogens is 98.1 g/mol. The lowest BCUT2D eigenvalue weighted by atomic mass is 10.1. The summed E-state index contributed by atoms with van der Waals surface area (Å²) in [5.74, 6) is 0. The Balaban J connectivity index is 2.44. The third-order valence-corrected chi connectivity index (χ3v) is 1.63. The van der Waals surface area contributed by atoms with Crippen LogP contribution in [0, 0.1) is 16.7 Å². The molecule has 0 atom stereocenters. The van der Waals surface area contributed by atoms with Crippen molar-refractivity contribution in [3.8, 4) is 6.07 Å². The zero-order valence-electron chi connectivity index (χ0n) is 4.85. The lowest BCUT2D eigenvalue weighted by Gasteiger charge is -1.94. The van der Waals surface area contributed by atoms with Gasteiger partial charge in [0.25, 0.3) is 0 Å². The predicted molar refractivity (Wildman–Crippen MR) is 32.1 cm³/mol. The molecule has 0 aromatic rings. The summed E-state index contributed by atoms with van der Waals surface area (Å²) in [5.41, 5.74) is 0.0295. The molecule has 42 valence electrons. The van der Waals surface area contributed by atoms with Gasteiger partial charge in [-0.05, 0) is 19.3 Å². The summed E-state index contributed by atoms with van der Waals surface area (Å²) in [6, 6.07) is 2.28. The van der Waals surface area contributed by atoms with Crippen LogP contribution < -0.4 is 0 Å². The van der Waals surface area contributed by atoms with E-state index >= 15 is 0 Å². The van der Waals surface area contributed by atoms with E-state index in [1.54, 1.807) is 0 Å². The van der Waals surface area contributed by atoms with Gasteiger partial charge in [-0.3, -0.25) is 0 Å². The van der Waals surface area contributed by atoms with Gasteiger partial charge in [0.05, 0.1) is 11.5 Å². The molecule has 0 aliphatic heterocycles. The Kier molecular flexibility index (Phi) is 1.09. The van der Waals surface area contributed by atoms with E-state index in [-0.39, 0.29) is 5.41 Å². The first-order valence-electron chi connectivity index (χ1n) is 2.85. The van der Waals surface area contributed by atoms with Crippen LogP contribution in [0.15, 0.2) is 12.7 Å². The van der Waals surface area contributed by atoms with Crippen LogP contribution in [0.5, 0.6) is 0 Å². The normalized spacial score (nSPS) is 21.4. The number of rotatable bonds is 2. The molecule has 0 saturated heterocycles. The van der Waals surface area contributed by atoms with Crippen LogP contribution in [-0.4, -0.2) is 0 Å². The van der Waals surface area contributed by atoms with Gasteiger partial charge in [-0.15, -0.1) is 6.58 Å². The number of hydrogen-bond acceptors (Lipinski definition) is 1. The van der Waals surface area contributed by atoms with Crippen LogP contribution in [0.1, 0.15) is 19.3 Å². The van der Waals surface area contributed by atoms with Gasteiger partial charge in [-0.1, -0.05) is 6.08 Å². The molecule has 1 aliphatic carbocycles. The van der Waals surface area contributed by atoms with Crippen LogP contribution >= 0.6 is 0 Å². The molecule has 1 aliphatic rings. The zero-order valence-corrected chi connectivity index (χ0v) is 4.85. The summed E-state index contributed by atoms with van der Waals surface area (Å²) >= 11 is 0. The minimum atomic E-state index is 0.0295. The van der Waals surface area contributed by atoms with Gasteiger partial charge in [0.2, 0.25) is 0 Å². The van der Waals surface area contributed by atoms with E-state index in [9.17, 15) is 0 Å². The quantitative estimate of drug-likeness (QED) is 0.494. The molecule has 0 spiro atoms. The second-order valence-electron chi connectivity index (χ2n) is 2.38. The maximum Gasteiger partial charge on any atom is 0.0693 e. The number of hydrogen-bond donors (Lipinski definition) is 0. The molecule has 8 heavy (non-hydrogen) atoms. The largest absolute Gasteiger partial charge is 0.198 e. The highest BCUT2D eigenvalue weighted by molar-refractivity contribution is 5.11. The third-order valence-electron chi connectivity index (χ3n) is 1.63. The molecule has 0 aromatic carbocycles. The molecule has 0 N–H and O–H groups in total. The second-order valence-corrected chi connectivity index (χ2v) is 2.38. The SMILES string of the molecule is C=CCC1(C#N)CC1. The highest BCUT2D eigenvalue weighted by atomic mass is 14.5. The van der Waals surface area contributed by atoms with Gasteiger partial charge < -0.3 is 0 Å². The van der Waals surface area contributed by atoms with Crippen molar-refractivity contribution in [1.82, 2.24) is 0 Å². The van der Waals surface area contributed by atoms with Crippen LogP contribution in [0.3, 0.4) is 0 Å². The number of nitrogens with zero attached hydrogens (tertiary/aromatic N) is 1. The molecule has 1 rings (SSSR count). The van der Waals surface area contributed by atoms with Crippen molar-refractivity contribution in [3.05, 3.63) is 12.7 Å². The Morgan fingerprint density at radius 3 is 2.50 bits per heavy atom. The fourth-order valence-electron chi connectivity index (χ4n) is 0.789. The summed E-state index contributed by atoms with van der Waals surface area (Å²) in [5, 5.41) is 8.49. The van der Waals surface area contributed by atoms with Crippen molar-refractivity contribution in [1.29, 1.82) is 5.26 Å². The minimum absolute atomic E-state index is 0.0295. The fraction of sp³-hybridized carbons (Fsp3) is 0.571. The lowest BCUT2D eigenvalue weighted by Crippen LogP contribution is -1.90. The molecule has 1 saturated carbocycles. The van der Waals surface area contributed by atoms with E-state index in [0.29, 0.717) is 0 Å². The topological polar surface area (TPSA) is 23.8 Å². The number of allylic oxidation sites excluding steroid dienone is 1. The van der Waals surface area contributed by atoms with Crippen molar-refractivity contribution in [2.45, 2.75) is 19.3 Å². The van der Waals surface area contributed by atoms with E-state index in [1.807, 2.05) is 6.08 Å². The predicted octanol–water partition coefficient (Wildman–Crippen LogP) is 1.87. The van der Waals surface area contributed by atoms with Gasteiger partial charge in [0.15, 0.2) is 0 Å².